The molecule has 4 nitrogen and oxygen atoms in total. The number of hydrogen-bond donors (Lipinski definition) is 1. The first kappa shape index (κ1) is 23.7. The lowest BCUT2D eigenvalue weighted by molar-refractivity contribution is 0.103. The van der Waals surface area contributed by atoms with Crippen LogP contribution in [0.2, 0.25) is 0 Å². The highest BCUT2D eigenvalue weighted by atomic mass is 16.5. The van der Waals surface area contributed by atoms with E-state index in [-0.39, 0.29) is 5.78 Å². The molecular formula is C32H32N2O2. The van der Waals surface area contributed by atoms with E-state index in [1.54, 1.807) is 7.11 Å². The first-order valence-corrected chi connectivity index (χ1v) is 12.7. The molecule has 0 aliphatic carbocycles. The molecule has 0 fully saturated rings. The van der Waals surface area contributed by atoms with Gasteiger partial charge in [0.05, 0.1) is 12.7 Å². The van der Waals surface area contributed by atoms with Gasteiger partial charge in [0.1, 0.15) is 5.75 Å². The van der Waals surface area contributed by atoms with E-state index in [2.05, 4.69) is 65.3 Å². The molecule has 0 aliphatic rings. The number of rotatable bonds is 10. The molecule has 0 bridgehead atoms. The zero-order valence-electron chi connectivity index (χ0n) is 21.0. The number of benzene rings is 3. The minimum absolute atomic E-state index is 0.0634. The summed E-state index contributed by atoms with van der Waals surface area (Å²) < 4.78 is 7.62. The Labute approximate surface area is 212 Å². The molecule has 0 radical (unpaired) electrons. The van der Waals surface area contributed by atoms with Crippen molar-refractivity contribution in [2.24, 2.45) is 0 Å². The number of aromatic amines is 1. The van der Waals surface area contributed by atoms with Gasteiger partial charge in [0.2, 0.25) is 0 Å². The number of unbranched alkanes of at least 4 members (excludes halogenated alkanes) is 1. The molecular weight excluding hydrogens is 444 g/mol. The SMILES string of the molecule is CCCCc1c(C(=O)c2ccc(OC)cc2)c(-c2ccccc2)cn1CCc1c[nH]c2ccccc12. The van der Waals surface area contributed by atoms with E-state index in [1.807, 2.05) is 42.5 Å². The van der Waals surface area contributed by atoms with Gasteiger partial charge in [-0.2, -0.15) is 0 Å². The lowest BCUT2D eigenvalue weighted by Crippen LogP contribution is -2.10. The Balaban J connectivity index is 1.58. The summed E-state index contributed by atoms with van der Waals surface area (Å²) in [7, 11) is 1.64. The number of aryl methyl sites for hydroxylation is 2. The highest BCUT2D eigenvalue weighted by Gasteiger charge is 2.24. The normalized spacial score (nSPS) is 11.2. The summed E-state index contributed by atoms with van der Waals surface area (Å²) >= 11 is 0. The smallest absolute Gasteiger partial charge is 0.195 e. The molecule has 2 aromatic heterocycles. The Morgan fingerprint density at radius 3 is 2.42 bits per heavy atom. The van der Waals surface area contributed by atoms with Crippen LogP contribution in [0.15, 0.2) is 91.3 Å². The predicted octanol–water partition coefficient (Wildman–Crippen LogP) is 7.46. The zero-order chi connectivity index (χ0) is 24.9. The van der Waals surface area contributed by atoms with Gasteiger partial charge in [0.25, 0.3) is 0 Å². The number of H-pyrrole nitrogens is 1. The van der Waals surface area contributed by atoms with Crippen molar-refractivity contribution in [3.8, 4) is 16.9 Å². The summed E-state index contributed by atoms with van der Waals surface area (Å²) in [6, 6.07) is 26.1. The summed E-state index contributed by atoms with van der Waals surface area (Å²) in [6.45, 7) is 3.01. The zero-order valence-corrected chi connectivity index (χ0v) is 21.0. The molecule has 0 aliphatic heterocycles. The maximum atomic E-state index is 14.0. The third-order valence-electron chi connectivity index (χ3n) is 6.92. The Morgan fingerprint density at radius 1 is 0.917 bits per heavy atom. The number of carbonyl (C=O) groups excluding carboxylic acids is 1. The second kappa shape index (κ2) is 10.7. The monoisotopic (exact) mass is 476 g/mol. The molecule has 0 spiro atoms. The topological polar surface area (TPSA) is 47.0 Å². The Hall–Kier alpha value is -4.05. The first-order chi connectivity index (χ1) is 17.7. The van der Waals surface area contributed by atoms with Gasteiger partial charge in [-0.3, -0.25) is 4.79 Å². The van der Waals surface area contributed by atoms with Crippen LogP contribution in [0.3, 0.4) is 0 Å². The third kappa shape index (κ3) is 4.72. The van der Waals surface area contributed by atoms with Crippen molar-refractivity contribution in [3.05, 3.63) is 114 Å². The number of methoxy groups -OCH3 is 1. The van der Waals surface area contributed by atoms with Gasteiger partial charge in [-0.25, -0.2) is 0 Å². The van der Waals surface area contributed by atoms with Crippen LogP contribution < -0.4 is 4.74 Å². The molecule has 1 N–H and O–H groups in total. The fraction of sp³-hybridized carbons (Fsp3) is 0.219. The molecule has 182 valence electrons. The van der Waals surface area contributed by atoms with Crippen LogP contribution in [0.5, 0.6) is 5.75 Å². The van der Waals surface area contributed by atoms with Gasteiger partial charge < -0.3 is 14.3 Å². The van der Waals surface area contributed by atoms with Crippen LogP contribution in [-0.4, -0.2) is 22.4 Å². The molecule has 5 rings (SSSR count). The van der Waals surface area contributed by atoms with E-state index in [0.717, 1.165) is 65.9 Å². The number of aromatic nitrogens is 2. The van der Waals surface area contributed by atoms with Crippen molar-refractivity contribution in [2.45, 2.75) is 39.2 Å². The van der Waals surface area contributed by atoms with Crippen LogP contribution in [0.1, 0.15) is 46.9 Å². The first-order valence-electron chi connectivity index (χ1n) is 12.7. The van der Waals surface area contributed by atoms with Gasteiger partial charge in [-0.05, 0) is 60.7 Å². The fourth-order valence-electron chi connectivity index (χ4n) is 4.97. The molecule has 5 aromatic rings. The van der Waals surface area contributed by atoms with Crippen LogP contribution >= 0.6 is 0 Å². The van der Waals surface area contributed by atoms with Gasteiger partial charge >= 0.3 is 0 Å². The molecule has 0 saturated carbocycles. The van der Waals surface area contributed by atoms with Crippen molar-refractivity contribution in [2.75, 3.05) is 7.11 Å². The number of ether oxygens (including phenoxy) is 1. The van der Waals surface area contributed by atoms with Crippen molar-refractivity contribution in [1.82, 2.24) is 9.55 Å². The Morgan fingerprint density at radius 2 is 1.67 bits per heavy atom. The lowest BCUT2D eigenvalue weighted by Gasteiger charge is -2.12. The number of para-hydroxylation sites is 1. The van der Waals surface area contributed by atoms with E-state index in [4.69, 9.17) is 4.74 Å². The molecule has 0 unspecified atom stereocenters. The van der Waals surface area contributed by atoms with Crippen molar-refractivity contribution in [3.63, 3.8) is 0 Å². The average molecular weight is 477 g/mol. The standard InChI is InChI=1S/C32H32N2O2/c1-3-4-14-30-31(32(35)24-15-17-26(36-2)18-16-24)28(23-10-6-5-7-11-23)22-34(30)20-19-25-21-33-29-13-9-8-12-27(25)29/h5-13,15-18,21-22,33H,3-4,14,19-20H2,1-2H3. The number of fused-ring (bicyclic) bond motifs is 1. The maximum absolute atomic E-state index is 14.0. The summed E-state index contributed by atoms with van der Waals surface area (Å²) in [5.41, 5.74) is 7.14. The van der Waals surface area contributed by atoms with Gasteiger partial charge in [-0.15, -0.1) is 0 Å². The minimum Gasteiger partial charge on any atom is -0.497 e. The quantitative estimate of drug-likeness (QED) is 0.213. The number of carbonyl (C=O) groups is 1. The van der Waals surface area contributed by atoms with E-state index in [1.165, 1.54) is 10.9 Å². The van der Waals surface area contributed by atoms with Gasteiger partial charge in [0, 0.05) is 46.7 Å². The second-order valence-corrected chi connectivity index (χ2v) is 9.19. The van der Waals surface area contributed by atoms with Crippen LogP contribution in [-0.2, 0) is 19.4 Å². The Kier molecular flexibility index (Phi) is 7.03. The summed E-state index contributed by atoms with van der Waals surface area (Å²) in [5.74, 6) is 0.811. The molecule has 3 aromatic carbocycles. The average Bonchev–Trinajstić information content (AvgIpc) is 3.52. The van der Waals surface area contributed by atoms with Crippen molar-refractivity contribution < 1.29 is 9.53 Å². The maximum Gasteiger partial charge on any atom is 0.195 e. The molecule has 4 heteroatoms. The van der Waals surface area contributed by atoms with E-state index < -0.39 is 0 Å². The number of nitrogens with zero attached hydrogens (tertiary/aromatic N) is 1. The largest absolute Gasteiger partial charge is 0.497 e. The van der Waals surface area contributed by atoms with Gasteiger partial charge in [0.15, 0.2) is 5.78 Å². The van der Waals surface area contributed by atoms with Gasteiger partial charge in [-0.1, -0.05) is 61.9 Å². The molecule has 0 amide bonds. The van der Waals surface area contributed by atoms with Crippen LogP contribution in [0.4, 0.5) is 0 Å². The second-order valence-electron chi connectivity index (χ2n) is 9.19. The summed E-state index contributed by atoms with van der Waals surface area (Å²) in [4.78, 5) is 17.4. The van der Waals surface area contributed by atoms with Crippen molar-refractivity contribution >= 4 is 16.7 Å². The molecule has 0 atom stereocenters. The minimum atomic E-state index is 0.0634. The molecule has 0 saturated heterocycles. The number of nitrogens with one attached hydrogen (secondary N) is 1. The van der Waals surface area contributed by atoms with E-state index >= 15 is 0 Å². The number of hydrogen-bond acceptors (Lipinski definition) is 2. The van der Waals surface area contributed by atoms with Crippen LogP contribution in [0, 0.1) is 0 Å². The lowest BCUT2D eigenvalue weighted by atomic mass is 9.94. The van der Waals surface area contributed by atoms with E-state index in [9.17, 15) is 4.79 Å². The van der Waals surface area contributed by atoms with E-state index in [0.29, 0.717) is 5.56 Å². The molecule has 2 heterocycles. The predicted molar refractivity (Wildman–Crippen MR) is 147 cm³/mol. The van der Waals surface area contributed by atoms with Crippen LogP contribution in [0.25, 0.3) is 22.0 Å². The highest BCUT2D eigenvalue weighted by Crippen LogP contribution is 2.32. The fourth-order valence-corrected chi connectivity index (χ4v) is 4.97. The van der Waals surface area contributed by atoms with Crippen molar-refractivity contribution in [1.29, 1.82) is 0 Å². The highest BCUT2D eigenvalue weighted by molar-refractivity contribution is 6.14. The molecule has 36 heavy (non-hydrogen) atoms. The number of ketones is 1. The summed E-state index contributed by atoms with van der Waals surface area (Å²) in [5, 5.41) is 1.26. The third-order valence-corrected chi connectivity index (χ3v) is 6.92. The Bertz CT molecular complexity index is 1460. The summed E-state index contributed by atoms with van der Waals surface area (Å²) in [6.07, 6.45) is 8.17.